The number of carbonyl (C=O) groups is 1. The standard InChI is InChI=1S/C22H20F3N3O2/c23-22(24,25)16-6-10-20(26-14-16)30-17-7-9-18-15(13-17)5-8-19(27-18)21(29)28-11-3-1-2-4-12-28/h5-10,13-14H,1-4,11-12H2. The first-order valence-corrected chi connectivity index (χ1v) is 9.81. The van der Waals surface area contributed by atoms with Crippen LogP contribution < -0.4 is 4.74 Å². The topological polar surface area (TPSA) is 55.3 Å². The van der Waals surface area contributed by atoms with Crippen molar-refractivity contribution in [2.75, 3.05) is 13.1 Å². The molecule has 0 saturated carbocycles. The summed E-state index contributed by atoms with van der Waals surface area (Å²) in [5, 5.41) is 0.756. The summed E-state index contributed by atoms with van der Waals surface area (Å²) in [6.07, 6.45) is 0.605. The molecule has 4 rings (SSSR count). The number of rotatable bonds is 3. The normalized spacial score (nSPS) is 15.1. The van der Waals surface area contributed by atoms with Gasteiger partial charge < -0.3 is 9.64 Å². The van der Waals surface area contributed by atoms with E-state index in [1.165, 1.54) is 6.07 Å². The second-order valence-corrected chi connectivity index (χ2v) is 7.24. The van der Waals surface area contributed by atoms with Crippen molar-refractivity contribution in [1.82, 2.24) is 14.9 Å². The van der Waals surface area contributed by atoms with E-state index in [0.29, 0.717) is 17.0 Å². The number of nitrogens with zero attached hydrogens (tertiary/aromatic N) is 3. The summed E-state index contributed by atoms with van der Waals surface area (Å²) in [6.45, 7) is 1.51. The molecule has 0 radical (unpaired) electrons. The predicted molar refractivity (Wildman–Crippen MR) is 105 cm³/mol. The number of alkyl halides is 3. The second kappa shape index (κ2) is 8.30. The van der Waals surface area contributed by atoms with E-state index in [1.54, 1.807) is 30.3 Å². The molecule has 0 aliphatic carbocycles. The fraction of sp³-hybridized carbons (Fsp3) is 0.318. The monoisotopic (exact) mass is 415 g/mol. The van der Waals surface area contributed by atoms with E-state index in [2.05, 4.69) is 9.97 Å². The highest BCUT2D eigenvalue weighted by Crippen LogP contribution is 2.30. The van der Waals surface area contributed by atoms with Gasteiger partial charge in [0, 0.05) is 30.7 Å². The molecule has 3 aromatic rings. The van der Waals surface area contributed by atoms with Gasteiger partial charge in [0.25, 0.3) is 5.91 Å². The summed E-state index contributed by atoms with van der Waals surface area (Å²) >= 11 is 0. The van der Waals surface area contributed by atoms with Gasteiger partial charge in [-0.25, -0.2) is 9.97 Å². The van der Waals surface area contributed by atoms with Crippen molar-refractivity contribution >= 4 is 16.8 Å². The van der Waals surface area contributed by atoms with Crippen LogP contribution >= 0.6 is 0 Å². The Bertz CT molecular complexity index is 1040. The fourth-order valence-electron chi connectivity index (χ4n) is 3.45. The van der Waals surface area contributed by atoms with Crippen LogP contribution in [0.15, 0.2) is 48.7 Å². The van der Waals surface area contributed by atoms with E-state index in [1.807, 2.05) is 4.90 Å². The molecule has 0 bridgehead atoms. The molecule has 2 aromatic heterocycles. The molecule has 1 fully saturated rings. The summed E-state index contributed by atoms with van der Waals surface area (Å²) < 4.78 is 43.5. The molecule has 1 amide bonds. The van der Waals surface area contributed by atoms with Crippen LogP contribution in [0.4, 0.5) is 13.2 Å². The molecule has 1 aromatic carbocycles. The van der Waals surface area contributed by atoms with Crippen LogP contribution in [0, 0.1) is 0 Å². The Hall–Kier alpha value is -3.16. The Morgan fingerprint density at radius 1 is 0.967 bits per heavy atom. The Morgan fingerprint density at radius 2 is 1.73 bits per heavy atom. The molecule has 0 atom stereocenters. The zero-order valence-corrected chi connectivity index (χ0v) is 16.2. The van der Waals surface area contributed by atoms with Crippen LogP contribution in [0.1, 0.15) is 41.7 Å². The fourth-order valence-corrected chi connectivity index (χ4v) is 3.45. The lowest BCUT2D eigenvalue weighted by atomic mass is 10.2. The molecular formula is C22H20F3N3O2. The lowest BCUT2D eigenvalue weighted by Gasteiger charge is -2.19. The van der Waals surface area contributed by atoms with Crippen molar-refractivity contribution < 1.29 is 22.7 Å². The number of hydrogen-bond donors (Lipinski definition) is 0. The van der Waals surface area contributed by atoms with Gasteiger partial charge in [-0.3, -0.25) is 4.79 Å². The molecule has 156 valence electrons. The van der Waals surface area contributed by atoms with E-state index in [0.717, 1.165) is 56.4 Å². The van der Waals surface area contributed by atoms with Crippen molar-refractivity contribution in [3.8, 4) is 11.6 Å². The quantitative estimate of drug-likeness (QED) is 0.570. The summed E-state index contributed by atoms with van der Waals surface area (Å²) in [6, 6.07) is 10.7. The first kappa shape index (κ1) is 20.1. The average Bonchev–Trinajstić information content (AvgIpc) is 3.02. The summed E-state index contributed by atoms with van der Waals surface area (Å²) in [4.78, 5) is 22.8. The number of aromatic nitrogens is 2. The van der Waals surface area contributed by atoms with Gasteiger partial charge in [-0.2, -0.15) is 13.2 Å². The third-order valence-corrected chi connectivity index (χ3v) is 5.06. The van der Waals surface area contributed by atoms with Crippen LogP contribution in [0.25, 0.3) is 10.9 Å². The third-order valence-electron chi connectivity index (χ3n) is 5.06. The number of ether oxygens (including phenoxy) is 1. The molecule has 30 heavy (non-hydrogen) atoms. The van der Waals surface area contributed by atoms with Gasteiger partial charge in [-0.05, 0) is 43.2 Å². The highest BCUT2D eigenvalue weighted by Gasteiger charge is 2.30. The number of pyridine rings is 2. The van der Waals surface area contributed by atoms with Crippen molar-refractivity contribution in [1.29, 1.82) is 0 Å². The minimum atomic E-state index is -4.44. The first-order chi connectivity index (χ1) is 14.4. The molecule has 5 nitrogen and oxygen atoms in total. The van der Waals surface area contributed by atoms with E-state index >= 15 is 0 Å². The number of hydrogen-bond acceptors (Lipinski definition) is 4. The lowest BCUT2D eigenvalue weighted by Crippen LogP contribution is -2.32. The van der Waals surface area contributed by atoms with E-state index in [-0.39, 0.29) is 11.8 Å². The minimum Gasteiger partial charge on any atom is -0.439 e. The third kappa shape index (κ3) is 4.53. The van der Waals surface area contributed by atoms with E-state index in [4.69, 9.17) is 4.74 Å². The lowest BCUT2D eigenvalue weighted by molar-refractivity contribution is -0.137. The van der Waals surface area contributed by atoms with Gasteiger partial charge in [0.05, 0.1) is 11.1 Å². The Morgan fingerprint density at radius 3 is 2.40 bits per heavy atom. The molecule has 1 saturated heterocycles. The van der Waals surface area contributed by atoms with E-state index in [9.17, 15) is 18.0 Å². The van der Waals surface area contributed by atoms with Gasteiger partial charge in [0.2, 0.25) is 5.88 Å². The molecule has 0 spiro atoms. The Balaban J connectivity index is 1.51. The zero-order valence-electron chi connectivity index (χ0n) is 16.2. The second-order valence-electron chi connectivity index (χ2n) is 7.24. The Labute approximate surface area is 171 Å². The molecule has 0 unspecified atom stereocenters. The summed E-state index contributed by atoms with van der Waals surface area (Å²) in [5.74, 6) is 0.416. The smallest absolute Gasteiger partial charge is 0.417 e. The van der Waals surface area contributed by atoms with Gasteiger partial charge >= 0.3 is 6.18 Å². The van der Waals surface area contributed by atoms with Gasteiger partial charge in [-0.15, -0.1) is 0 Å². The van der Waals surface area contributed by atoms with Crippen LogP contribution in [-0.4, -0.2) is 33.9 Å². The molecule has 1 aliphatic heterocycles. The van der Waals surface area contributed by atoms with Gasteiger partial charge in [0.1, 0.15) is 11.4 Å². The molecule has 0 N–H and O–H groups in total. The molecule has 3 heterocycles. The van der Waals surface area contributed by atoms with Crippen molar-refractivity contribution in [2.45, 2.75) is 31.9 Å². The highest BCUT2D eigenvalue weighted by atomic mass is 19.4. The number of likely N-dealkylation sites (tertiary alicyclic amines) is 1. The van der Waals surface area contributed by atoms with Crippen molar-refractivity contribution in [3.63, 3.8) is 0 Å². The maximum Gasteiger partial charge on any atom is 0.417 e. The maximum absolute atomic E-state index is 12.8. The minimum absolute atomic E-state index is 0.0586. The van der Waals surface area contributed by atoms with Gasteiger partial charge in [0.15, 0.2) is 0 Å². The maximum atomic E-state index is 12.8. The largest absolute Gasteiger partial charge is 0.439 e. The molecular weight excluding hydrogens is 395 g/mol. The van der Waals surface area contributed by atoms with Crippen molar-refractivity contribution in [2.24, 2.45) is 0 Å². The molecule has 1 aliphatic rings. The van der Waals surface area contributed by atoms with Crippen LogP contribution in [0.2, 0.25) is 0 Å². The van der Waals surface area contributed by atoms with E-state index < -0.39 is 11.7 Å². The number of amides is 1. The predicted octanol–water partition coefficient (Wildman–Crippen LogP) is 5.46. The molecule has 8 heteroatoms. The van der Waals surface area contributed by atoms with Gasteiger partial charge in [-0.1, -0.05) is 18.9 Å². The average molecular weight is 415 g/mol. The number of benzene rings is 1. The summed E-state index contributed by atoms with van der Waals surface area (Å²) in [7, 11) is 0. The number of halogens is 3. The Kier molecular flexibility index (Phi) is 5.57. The van der Waals surface area contributed by atoms with Crippen LogP contribution in [0.5, 0.6) is 11.6 Å². The SMILES string of the molecule is O=C(c1ccc2cc(Oc3ccc(C(F)(F)F)cn3)ccc2n1)N1CCCCCC1. The highest BCUT2D eigenvalue weighted by molar-refractivity contribution is 5.95. The number of carbonyl (C=O) groups excluding carboxylic acids is 1. The number of fused-ring (bicyclic) bond motifs is 1. The van der Waals surface area contributed by atoms with Crippen molar-refractivity contribution in [3.05, 3.63) is 59.9 Å². The first-order valence-electron chi connectivity index (χ1n) is 9.81. The van der Waals surface area contributed by atoms with Crippen LogP contribution in [0.3, 0.4) is 0 Å². The van der Waals surface area contributed by atoms with Crippen LogP contribution in [-0.2, 0) is 6.18 Å². The summed E-state index contributed by atoms with van der Waals surface area (Å²) in [5.41, 5.74) is 0.213. The zero-order chi connectivity index (χ0) is 21.1.